The average Bonchev–Trinajstić information content (AvgIpc) is 3.35. The van der Waals surface area contributed by atoms with Crippen molar-refractivity contribution in [3.63, 3.8) is 0 Å². The molecule has 3 unspecified atom stereocenters. The predicted octanol–water partition coefficient (Wildman–Crippen LogP) is 6.89. The van der Waals surface area contributed by atoms with Gasteiger partial charge in [-0.05, 0) is 60.2 Å². The van der Waals surface area contributed by atoms with Gasteiger partial charge in [0.1, 0.15) is 5.75 Å². The fraction of sp³-hybridized carbons (Fsp3) is 0.500. The molecule has 2 aromatic rings. The van der Waals surface area contributed by atoms with Crippen LogP contribution in [0.4, 0.5) is 5.69 Å². The third-order valence-electron chi connectivity index (χ3n) is 6.90. The summed E-state index contributed by atoms with van der Waals surface area (Å²) in [6.07, 6.45) is 11.9. The predicted molar refractivity (Wildman–Crippen MR) is 133 cm³/mol. The van der Waals surface area contributed by atoms with Crippen LogP contribution in [-0.4, -0.2) is 27.9 Å². The molecule has 178 valence electrons. The standard InChI is InChI=1S/C28H37NO4/c1-5-6-7-8-9-15-33-20-13-14-24-23(18-20)21-11-10-12-22(21)27(29-24)19-16-25(30-2)28(32-4)26(17-19)31-3/h10-11,13-14,16-18,21-22,27,29H,5-9,12,15H2,1-4H3. The van der Waals surface area contributed by atoms with Gasteiger partial charge in [0.25, 0.3) is 0 Å². The minimum Gasteiger partial charge on any atom is -0.494 e. The van der Waals surface area contributed by atoms with Crippen LogP contribution >= 0.6 is 0 Å². The van der Waals surface area contributed by atoms with Crippen LogP contribution in [0.15, 0.2) is 42.5 Å². The van der Waals surface area contributed by atoms with Crippen molar-refractivity contribution in [3.8, 4) is 23.0 Å². The molecule has 3 atom stereocenters. The van der Waals surface area contributed by atoms with E-state index in [2.05, 4.69) is 54.7 Å². The zero-order chi connectivity index (χ0) is 23.2. The van der Waals surface area contributed by atoms with E-state index in [0.717, 1.165) is 36.4 Å². The first-order valence-electron chi connectivity index (χ1n) is 12.2. The lowest BCUT2D eigenvalue weighted by Gasteiger charge is -2.38. The van der Waals surface area contributed by atoms with Crippen molar-refractivity contribution >= 4 is 5.69 Å². The fourth-order valence-corrected chi connectivity index (χ4v) is 5.17. The van der Waals surface area contributed by atoms with E-state index in [9.17, 15) is 0 Å². The highest BCUT2D eigenvalue weighted by atomic mass is 16.5. The molecule has 33 heavy (non-hydrogen) atoms. The van der Waals surface area contributed by atoms with E-state index in [1.54, 1.807) is 21.3 Å². The Morgan fingerprint density at radius 2 is 1.67 bits per heavy atom. The van der Waals surface area contributed by atoms with Gasteiger partial charge < -0.3 is 24.3 Å². The molecule has 0 amide bonds. The number of nitrogens with one attached hydrogen (secondary N) is 1. The molecule has 1 aliphatic heterocycles. The van der Waals surface area contributed by atoms with Crippen molar-refractivity contribution in [2.75, 3.05) is 33.3 Å². The van der Waals surface area contributed by atoms with Crippen molar-refractivity contribution in [2.45, 2.75) is 57.4 Å². The van der Waals surface area contributed by atoms with Gasteiger partial charge in [-0.3, -0.25) is 0 Å². The molecule has 2 aliphatic rings. The quantitative estimate of drug-likeness (QED) is 0.298. The van der Waals surface area contributed by atoms with Crippen LogP contribution in [0, 0.1) is 5.92 Å². The van der Waals surface area contributed by atoms with E-state index < -0.39 is 0 Å². The summed E-state index contributed by atoms with van der Waals surface area (Å²) in [5.41, 5.74) is 3.62. The van der Waals surface area contributed by atoms with E-state index in [1.165, 1.54) is 31.2 Å². The molecule has 0 aromatic heterocycles. The van der Waals surface area contributed by atoms with Crippen LogP contribution in [-0.2, 0) is 0 Å². The van der Waals surface area contributed by atoms with E-state index in [1.807, 2.05) is 0 Å². The maximum absolute atomic E-state index is 6.10. The Morgan fingerprint density at radius 1 is 0.909 bits per heavy atom. The summed E-state index contributed by atoms with van der Waals surface area (Å²) in [5, 5.41) is 3.79. The van der Waals surface area contributed by atoms with Gasteiger partial charge in [-0.25, -0.2) is 0 Å². The van der Waals surface area contributed by atoms with Crippen molar-refractivity contribution < 1.29 is 18.9 Å². The molecule has 5 heteroatoms. The number of ether oxygens (including phenoxy) is 4. The van der Waals surface area contributed by atoms with Crippen molar-refractivity contribution in [1.29, 1.82) is 0 Å². The number of hydrogen-bond donors (Lipinski definition) is 1. The normalized spacial score (nSPS) is 20.5. The topological polar surface area (TPSA) is 49.0 Å². The van der Waals surface area contributed by atoms with Crippen molar-refractivity contribution in [3.05, 3.63) is 53.6 Å². The van der Waals surface area contributed by atoms with E-state index in [0.29, 0.717) is 29.1 Å². The number of unbranched alkanes of at least 4 members (excludes halogenated alkanes) is 4. The van der Waals surface area contributed by atoms with Crippen LogP contribution in [0.25, 0.3) is 0 Å². The van der Waals surface area contributed by atoms with Crippen molar-refractivity contribution in [1.82, 2.24) is 0 Å². The second-order valence-corrected chi connectivity index (χ2v) is 8.95. The van der Waals surface area contributed by atoms with Gasteiger partial charge in [0.05, 0.1) is 34.0 Å². The maximum atomic E-state index is 6.10. The van der Waals surface area contributed by atoms with Crippen LogP contribution in [0.1, 0.15) is 68.5 Å². The molecule has 1 N–H and O–H groups in total. The van der Waals surface area contributed by atoms with Crippen LogP contribution < -0.4 is 24.3 Å². The number of methoxy groups -OCH3 is 3. The Labute approximate surface area is 198 Å². The lowest BCUT2D eigenvalue weighted by Crippen LogP contribution is -2.29. The first-order valence-corrected chi connectivity index (χ1v) is 12.2. The molecule has 4 rings (SSSR count). The molecule has 0 radical (unpaired) electrons. The third-order valence-corrected chi connectivity index (χ3v) is 6.90. The monoisotopic (exact) mass is 451 g/mol. The molecule has 2 aromatic carbocycles. The molecule has 0 bridgehead atoms. The highest BCUT2D eigenvalue weighted by Gasteiger charge is 2.38. The zero-order valence-corrected chi connectivity index (χ0v) is 20.4. The lowest BCUT2D eigenvalue weighted by atomic mass is 9.77. The summed E-state index contributed by atoms with van der Waals surface area (Å²) in [6.45, 7) is 3.03. The summed E-state index contributed by atoms with van der Waals surface area (Å²) in [6, 6.07) is 10.8. The molecule has 0 saturated carbocycles. The Hall–Kier alpha value is -2.82. The first kappa shape index (κ1) is 23.3. The number of fused-ring (bicyclic) bond motifs is 3. The summed E-state index contributed by atoms with van der Waals surface area (Å²) in [4.78, 5) is 0. The largest absolute Gasteiger partial charge is 0.494 e. The molecule has 0 spiro atoms. The number of allylic oxidation sites excluding steroid dienone is 2. The van der Waals surface area contributed by atoms with Crippen LogP contribution in [0.3, 0.4) is 0 Å². The summed E-state index contributed by atoms with van der Waals surface area (Å²) in [7, 11) is 4.96. The third kappa shape index (κ3) is 4.92. The highest BCUT2D eigenvalue weighted by molar-refractivity contribution is 5.63. The van der Waals surface area contributed by atoms with Gasteiger partial charge >= 0.3 is 0 Å². The summed E-state index contributed by atoms with van der Waals surface area (Å²) < 4.78 is 22.8. The Morgan fingerprint density at radius 3 is 2.36 bits per heavy atom. The van der Waals surface area contributed by atoms with Crippen LogP contribution in [0.2, 0.25) is 0 Å². The Bertz CT molecular complexity index is 945. The average molecular weight is 452 g/mol. The molecular weight excluding hydrogens is 414 g/mol. The molecule has 0 saturated heterocycles. The van der Waals surface area contributed by atoms with Gasteiger partial charge in [0.2, 0.25) is 5.75 Å². The molecule has 5 nitrogen and oxygen atoms in total. The molecule has 0 fully saturated rings. The van der Waals surface area contributed by atoms with Gasteiger partial charge in [-0.1, -0.05) is 44.8 Å². The zero-order valence-electron chi connectivity index (χ0n) is 20.4. The fourth-order valence-electron chi connectivity index (χ4n) is 5.17. The second kappa shape index (κ2) is 10.9. The molecule has 1 aliphatic carbocycles. The SMILES string of the molecule is CCCCCCCOc1ccc2c(c1)C1C=CCC1C(c1cc(OC)c(OC)c(OC)c1)N2. The number of hydrogen-bond acceptors (Lipinski definition) is 5. The van der Waals surface area contributed by atoms with Crippen molar-refractivity contribution in [2.24, 2.45) is 5.92 Å². The smallest absolute Gasteiger partial charge is 0.203 e. The van der Waals surface area contributed by atoms with E-state index in [-0.39, 0.29) is 6.04 Å². The molecule has 1 heterocycles. The van der Waals surface area contributed by atoms with E-state index >= 15 is 0 Å². The second-order valence-electron chi connectivity index (χ2n) is 8.95. The van der Waals surface area contributed by atoms with Gasteiger partial charge in [-0.2, -0.15) is 0 Å². The minimum absolute atomic E-state index is 0.150. The number of anilines is 1. The Kier molecular flexibility index (Phi) is 7.69. The summed E-state index contributed by atoms with van der Waals surface area (Å²) in [5.74, 6) is 3.74. The van der Waals surface area contributed by atoms with E-state index in [4.69, 9.17) is 18.9 Å². The van der Waals surface area contributed by atoms with Gasteiger partial charge in [-0.15, -0.1) is 0 Å². The van der Waals surface area contributed by atoms with Gasteiger partial charge in [0, 0.05) is 11.6 Å². The van der Waals surface area contributed by atoms with Crippen LogP contribution in [0.5, 0.6) is 23.0 Å². The lowest BCUT2D eigenvalue weighted by molar-refractivity contribution is 0.303. The van der Waals surface area contributed by atoms with Gasteiger partial charge in [0.15, 0.2) is 11.5 Å². The summed E-state index contributed by atoms with van der Waals surface area (Å²) >= 11 is 0. The number of benzene rings is 2. The maximum Gasteiger partial charge on any atom is 0.203 e. The number of rotatable bonds is 11. The minimum atomic E-state index is 0.150. The Balaban J connectivity index is 1.55. The first-order chi connectivity index (χ1) is 16.2. The molecular formula is C28H37NO4. The highest BCUT2D eigenvalue weighted by Crippen LogP contribution is 2.52.